The number of carbonyl (C=O) groups excluding carboxylic acids is 2. The lowest BCUT2D eigenvalue weighted by Gasteiger charge is -2.43. The van der Waals surface area contributed by atoms with Crippen LogP contribution in [-0.4, -0.2) is 67.9 Å². The van der Waals surface area contributed by atoms with Gasteiger partial charge in [0.25, 0.3) is 0 Å². The predicted molar refractivity (Wildman–Crippen MR) is 197 cm³/mol. The Hall–Kier alpha value is -4.53. The molecule has 3 heterocycles. The highest BCUT2D eigenvalue weighted by Gasteiger charge is 2.44. The van der Waals surface area contributed by atoms with E-state index < -0.39 is 12.0 Å². The number of rotatable bonds is 13. The highest BCUT2D eigenvalue weighted by atomic mass is 32.2. The van der Waals surface area contributed by atoms with Gasteiger partial charge in [-0.15, -0.1) is 0 Å². The van der Waals surface area contributed by atoms with Crippen molar-refractivity contribution in [1.29, 1.82) is 0 Å². The van der Waals surface area contributed by atoms with Crippen LogP contribution in [0.25, 0.3) is 0 Å². The first-order valence-electron chi connectivity index (χ1n) is 16.7. The fraction of sp³-hybridized carbons (Fsp3) is 0.368. The first-order valence-corrected chi connectivity index (χ1v) is 17.6. The zero-order valence-corrected chi connectivity index (χ0v) is 30.6. The Kier molecular flexibility index (Phi) is 14.8. The molecule has 1 aliphatic heterocycles. The van der Waals surface area contributed by atoms with Crippen LogP contribution in [0, 0.1) is 5.92 Å². The molecule has 272 valence electrons. The number of nitrogens with two attached hydrogens (primary N) is 2. The summed E-state index contributed by atoms with van der Waals surface area (Å²) in [4.78, 5) is 45.9. The van der Waals surface area contributed by atoms with Gasteiger partial charge in [-0.1, -0.05) is 44.2 Å². The normalized spacial score (nSPS) is 16.1. The van der Waals surface area contributed by atoms with E-state index in [4.69, 9.17) is 21.3 Å². The monoisotopic (exact) mass is 716 g/mol. The molecule has 13 heteroatoms. The lowest BCUT2D eigenvalue weighted by atomic mass is 10.00. The van der Waals surface area contributed by atoms with E-state index in [1.165, 1.54) is 0 Å². The van der Waals surface area contributed by atoms with Gasteiger partial charge in [0.05, 0.1) is 7.11 Å². The van der Waals surface area contributed by atoms with Crippen molar-refractivity contribution in [2.45, 2.75) is 64.2 Å². The second kappa shape index (κ2) is 19.2. The van der Waals surface area contributed by atoms with Gasteiger partial charge in [0.2, 0.25) is 0 Å². The molecule has 0 saturated carbocycles. The molecule has 0 amide bonds. The fourth-order valence-electron chi connectivity index (χ4n) is 6.04. The summed E-state index contributed by atoms with van der Waals surface area (Å²) in [5.41, 5.74) is 3.19. The summed E-state index contributed by atoms with van der Waals surface area (Å²) < 4.78 is 10.7. The fourth-order valence-corrected chi connectivity index (χ4v) is 7.29. The summed E-state index contributed by atoms with van der Waals surface area (Å²) >= 11 is 1.77. The molecule has 5 rings (SSSR count). The molecule has 4 aromatic rings. The highest BCUT2D eigenvalue weighted by Crippen LogP contribution is 2.37. The summed E-state index contributed by atoms with van der Waals surface area (Å²) in [6.45, 7) is 10.7. The van der Waals surface area contributed by atoms with Gasteiger partial charge in [0.15, 0.2) is 0 Å². The molecule has 2 aromatic carbocycles. The number of aromatic nitrogens is 2. The number of nitrogens with zero attached hydrogens (tertiary/aromatic N) is 4. The van der Waals surface area contributed by atoms with Gasteiger partial charge in [-0.3, -0.25) is 19.8 Å². The molecule has 0 aliphatic carbocycles. The van der Waals surface area contributed by atoms with Gasteiger partial charge in [0.1, 0.15) is 29.3 Å². The molecule has 2 unspecified atom stereocenters. The summed E-state index contributed by atoms with van der Waals surface area (Å²) in [5.74, 6) is 12.8. The van der Waals surface area contributed by atoms with Crippen molar-refractivity contribution in [2.24, 2.45) is 17.7 Å². The van der Waals surface area contributed by atoms with Crippen LogP contribution in [0.1, 0.15) is 44.4 Å². The Labute approximate surface area is 304 Å². The van der Waals surface area contributed by atoms with E-state index in [9.17, 15) is 9.59 Å². The molecule has 4 N–H and O–H groups in total. The van der Waals surface area contributed by atoms with E-state index in [1.54, 1.807) is 43.7 Å². The second-order valence-corrected chi connectivity index (χ2v) is 14.7. The number of benzene rings is 2. The molecule has 0 radical (unpaired) electrons. The van der Waals surface area contributed by atoms with Crippen molar-refractivity contribution in [3.05, 3.63) is 114 Å². The lowest BCUT2D eigenvalue weighted by Crippen LogP contribution is -2.57. The van der Waals surface area contributed by atoms with E-state index >= 15 is 0 Å². The maximum atomic E-state index is 12.3. The van der Waals surface area contributed by atoms with Crippen LogP contribution in [0.3, 0.4) is 0 Å². The Morgan fingerprint density at radius 3 is 2.08 bits per heavy atom. The van der Waals surface area contributed by atoms with Crippen molar-refractivity contribution in [3.8, 4) is 17.2 Å². The topological polar surface area (TPSA) is 155 Å². The number of ether oxygens (including phenoxy) is 2. The maximum absolute atomic E-state index is 12.3. The number of thioether (sulfide) groups is 1. The van der Waals surface area contributed by atoms with E-state index in [0.717, 1.165) is 46.2 Å². The van der Waals surface area contributed by atoms with Crippen LogP contribution in [-0.2, 0) is 38.9 Å². The third-order valence-electron chi connectivity index (χ3n) is 8.45. The Morgan fingerprint density at radius 2 is 1.49 bits per heavy atom. The molecule has 1 saturated heterocycles. The molecule has 2 aromatic heterocycles. The van der Waals surface area contributed by atoms with E-state index in [2.05, 4.69) is 43.3 Å². The summed E-state index contributed by atoms with van der Waals surface area (Å²) in [6.07, 6.45) is 6.91. The SMILES string of the molecule is CC1(C)SCCN(Cc2ccc(Oc3ccncc3)cc2)C1C(=O)ON.COc1ccc(CN(Cc2cccnc2)C(C(=O)ON)C(C)C)cc1. The molecular formula is C38H48N6O6S. The van der Waals surface area contributed by atoms with Crippen LogP contribution in [0.15, 0.2) is 97.6 Å². The first kappa shape index (κ1) is 39.3. The summed E-state index contributed by atoms with van der Waals surface area (Å²) in [5, 5.41) is 0. The van der Waals surface area contributed by atoms with Gasteiger partial charge in [-0.25, -0.2) is 9.59 Å². The standard InChI is InChI=1S/C19H23N3O3S.C19H25N3O3/c1-19(2)17(18(23)25-20)22(11-12-26-19)13-14-3-5-15(6-4-14)24-16-7-9-21-10-8-16;1-14(2)18(19(23)25-20)22(13-16-5-4-10-21-11-16)12-15-6-8-17(24-3)9-7-15/h3-10,17H,11-13,20H2,1-2H3;4-11,14,18H,12-13,20H2,1-3H3. The molecule has 51 heavy (non-hydrogen) atoms. The number of carbonyl (C=O) groups is 2. The third-order valence-corrected chi connectivity index (χ3v) is 9.80. The quantitative estimate of drug-likeness (QED) is 0.167. The van der Waals surface area contributed by atoms with E-state index in [-0.39, 0.29) is 22.7 Å². The minimum atomic E-state index is -0.452. The van der Waals surface area contributed by atoms with Gasteiger partial charge < -0.3 is 19.1 Å². The average molecular weight is 717 g/mol. The molecule has 12 nitrogen and oxygen atoms in total. The molecule has 2 atom stereocenters. The molecule has 0 bridgehead atoms. The maximum Gasteiger partial charge on any atom is 0.343 e. The summed E-state index contributed by atoms with van der Waals surface area (Å²) in [7, 11) is 1.63. The number of hydrogen-bond donors (Lipinski definition) is 2. The zero-order valence-electron chi connectivity index (χ0n) is 29.8. The zero-order chi connectivity index (χ0) is 36.8. The minimum Gasteiger partial charge on any atom is -0.497 e. The predicted octanol–water partition coefficient (Wildman–Crippen LogP) is 5.52. The first-order chi connectivity index (χ1) is 24.5. The number of methoxy groups -OCH3 is 1. The third kappa shape index (κ3) is 11.5. The second-order valence-electron chi connectivity index (χ2n) is 12.9. The van der Waals surface area contributed by atoms with Gasteiger partial charge in [-0.05, 0) is 78.9 Å². The van der Waals surface area contributed by atoms with Crippen molar-refractivity contribution < 1.29 is 28.7 Å². The lowest BCUT2D eigenvalue weighted by molar-refractivity contribution is -0.153. The van der Waals surface area contributed by atoms with Crippen LogP contribution >= 0.6 is 11.8 Å². The Morgan fingerprint density at radius 1 is 0.863 bits per heavy atom. The van der Waals surface area contributed by atoms with Gasteiger partial charge in [0, 0.05) is 61.5 Å². The average Bonchev–Trinajstić information content (AvgIpc) is 3.13. The highest BCUT2D eigenvalue weighted by molar-refractivity contribution is 8.00. The Balaban J connectivity index is 0.000000229. The molecule has 1 fully saturated rings. The van der Waals surface area contributed by atoms with E-state index in [1.807, 2.05) is 86.6 Å². The van der Waals surface area contributed by atoms with Crippen molar-refractivity contribution in [3.63, 3.8) is 0 Å². The number of hydrogen-bond acceptors (Lipinski definition) is 13. The van der Waals surface area contributed by atoms with Gasteiger partial charge >= 0.3 is 11.9 Å². The molecule has 1 aliphatic rings. The minimum absolute atomic E-state index is 0.0472. The van der Waals surface area contributed by atoms with Gasteiger partial charge in [-0.2, -0.15) is 23.6 Å². The smallest absolute Gasteiger partial charge is 0.343 e. The summed E-state index contributed by atoms with van der Waals surface area (Å²) in [6, 6.07) is 22.3. The molecule has 0 spiro atoms. The van der Waals surface area contributed by atoms with Crippen LogP contribution in [0.2, 0.25) is 0 Å². The Bertz CT molecular complexity index is 1650. The largest absolute Gasteiger partial charge is 0.497 e. The number of pyridine rings is 2. The van der Waals surface area contributed by atoms with Crippen LogP contribution in [0.5, 0.6) is 17.2 Å². The van der Waals surface area contributed by atoms with Crippen molar-refractivity contribution >= 4 is 23.7 Å². The van der Waals surface area contributed by atoms with E-state index in [0.29, 0.717) is 19.6 Å². The van der Waals surface area contributed by atoms with Crippen molar-refractivity contribution in [2.75, 3.05) is 19.4 Å². The van der Waals surface area contributed by atoms with Crippen LogP contribution < -0.4 is 21.3 Å². The van der Waals surface area contributed by atoms with Crippen molar-refractivity contribution in [1.82, 2.24) is 19.8 Å². The van der Waals surface area contributed by atoms with Crippen LogP contribution in [0.4, 0.5) is 0 Å². The molecular weight excluding hydrogens is 669 g/mol.